The van der Waals surface area contributed by atoms with Crippen molar-refractivity contribution >= 4 is 11.8 Å². The Kier molecular flexibility index (Phi) is 3.49. The van der Waals surface area contributed by atoms with Crippen molar-refractivity contribution in [3.05, 3.63) is 18.5 Å². The van der Waals surface area contributed by atoms with Crippen molar-refractivity contribution in [3.63, 3.8) is 0 Å². The summed E-state index contributed by atoms with van der Waals surface area (Å²) in [4.78, 5) is 8.08. The third kappa shape index (κ3) is 2.79. The summed E-state index contributed by atoms with van der Waals surface area (Å²) in [6, 6.07) is 1.77. The molecule has 0 aliphatic heterocycles. The summed E-state index contributed by atoms with van der Waals surface area (Å²) < 4.78 is 0. The Morgan fingerprint density at radius 2 is 1.92 bits per heavy atom. The molecule has 1 heterocycles. The number of thioether (sulfide) groups is 1. The van der Waals surface area contributed by atoms with E-state index in [-0.39, 0.29) is 11.4 Å². The third-order valence-corrected chi connectivity index (χ3v) is 2.70. The summed E-state index contributed by atoms with van der Waals surface area (Å²) in [6.45, 7) is 3.71. The zero-order chi connectivity index (χ0) is 8.97. The lowest BCUT2D eigenvalue weighted by Gasteiger charge is -2.11. The van der Waals surface area contributed by atoms with Gasteiger partial charge in [-0.25, -0.2) is 9.97 Å². The SMILES string of the molecule is CC(O)C(C)Sc1ncccn1. The van der Waals surface area contributed by atoms with Gasteiger partial charge in [0.05, 0.1) is 6.10 Å². The van der Waals surface area contributed by atoms with Crippen molar-refractivity contribution < 1.29 is 5.11 Å². The molecule has 0 saturated heterocycles. The molecule has 66 valence electrons. The van der Waals surface area contributed by atoms with Gasteiger partial charge in [-0.2, -0.15) is 0 Å². The van der Waals surface area contributed by atoms with Crippen LogP contribution in [0.15, 0.2) is 23.6 Å². The van der Waals surface area contributed by atoms with E-state index >= 15 is 0 Å². The Hall–Kier alpha value is -0.610. The molecule has 2 unspecified atom stereocenters. The average molecular weight is 184 g/mol. The number of aliphatic hydroxyl groups is 1. The number of nitrogens with zero attached hydrogens (tertiary/aromatic N) is 2. The van der Waals surface area contributed by atoms with Crippen LogP contribution >= 0.6 is 11.8 Å². The standard InChI is InChI=1S/C8H12N2OS/c1-6(11)7(2)12-8-9-4-3-5-10-8/h3-7,11H,1-2H3. The van der Waals surface area contributed by atoms with E-state index in [1.54, 1.807) is 25.4 Å². The fraction of sp³-hybridized carbons (Fsp3) is 0.500. The van der Waals surface area contributed by atoms with E-state index in [2.05, 4.69) is 9.97 Å². The first kappa shape index (κ1) is 9.48. The zero-order valence-electron chi connectivity index (χ0n) is 7.14. The Balaban J connectivity index is 2.53. The molecule has 0 aliphatic rings. The van der Waals surface area contributed by atoms with Crippen LogP contribution in [0.3, 0.4) is 0 Å². The van der Waals surface area contributed by atoms with Crippen LogP contribution < -0.4 is 0 Å². The fourth-order valence-corrected chi connectivity index (χ4v) is 1.38. The van der Waals surface area contributed by atoms with E-state index < -0.39 is 0 Å². The molecule has 3 nitrogen and oxygen atoms in total. The number of aliphatic hydroxyl groups excluding tert-OH is 1. The van der Waals surface area contributed by atoms with E-state index in [9.17, 15) is 5.11 Å². The van der Waals surface area contributed by atoms with Crippen LogP contribution in [-0.2, 0) is 0 Å². The topological polar surface area (TPSA) is 46.0 Å². The number of rotatable bonds is 3. The summed E-state index contributed by atoms with van der Waals surface area (Å²) >= 11 is 1.48. The van der Waals surface area contributed by atoms with Crippen LogP contribution in [0.4, 0.5) is 0 Å². The number of hydrogen-bond donors (Lipinski definition) is 1. The van der Waals surface area contributed by atoms with E-state index in [1.807, 2.05) is 6.92 Å². The third-order valence-electron chi connectivity index (χ3n) is 1.51. The maximum absolute atomic E-state index is 9.21. The largest absolute Gasteiger partial charge is 0.392 e. The molecule has 0 spiro atoms. The minimum absolute atomic E-state index is 0.132. The van der Waals surface area contributed by atoms with Gasteiger partial charge < -0.3 is 5.11 Å². The first-order valence-corrected chi connectivity index (χ1v) is 4.70. The van der Waals surface area contributed by atoms with Crippen molar-refractivity contribution in [2.24, 2.45) is 0 Å². The van der Waals surface area contributed by atoms with Gasteiger partial charge in [-0.1, -0.05) is 18.7 Å². The van der Waals surface area contributed by atoms with Crippen LogP contribution in [0, 0.1) is 0 Å². The molecule has 1 aromatic rings. The summed E-state index contributed by atoms with van der Waals surface area (Å²) in [5.74, 6) is 0. The molecule has 1 N–H and O–H groups in total. The van der Waals surface area contributed by atoms with Crippen LogP contribution in [0.2, 0.25) is 0 Å². The average Bonchev–Trinajstić information content (AvgIpc) is 2.06. The predicted molar refractivity (Wildman–Crippen MR) is 49.0 cm³/mol. The Labute approximate surface area is 76.2 Å². The van der Waals surface area contributed by atoms with Crippen LogP contribution in [-0.4, -0.2) is 26.4 Å². The van der Waals surface area contributed by atoms with Gasteiger partial charge in [-0.05, 0) is 13.0 Å². The molecule has 0 bridgehead atoms. The van der Waals surface area contributed by atoms with Gasteiger partial charge in [0.1, 0.15) is 0 Å². The highest BCUT2D eigenvalue weighted by Crippen LogP contribution is 2.20. The van der Waals surface area contributed by atoms with E-state index in [1.165, 1.54) is 11.8 Å². The molecule has 0 fully saturated rings. The predicted octanol–water partition coefficient (Wildman–Crippen LogP) is 1.34. The van der Waals surface area contributed by atoms with Gasteiger partial charge in [0.2, 0.25) is 0 Å². The molecule has 4 heteroatoms. The van der Waals surface area contributed by atoms with Gasteiger partial charge in [0.15, 0.2) is 5.16 Å². The molecule has 2 atom stereocenters. The maximum Gasteiger partial charge on any atom is 0.187 e. The van der Waals surface area contributed by atoms with E-state index in [0.29, 0.717) is 5.16 Å². The Bertz CT molecular complexity index is 228. The molecule has 0 amide bonds. The quantitative estimate of drug-likeness (QED) is 0.569. The minimum Gasteiger partial charge on any atom is -0.392 e. The number of hydrogen-bond acceptors (Lipinski definition) is 4. The second-order valence-corrected chi connectivity index (χ2v) is 3.94. The molecule has 12 heavy (non-hydrogen) atoms. The molecular weight excluding hydrogens is 172 g/mol. The second-order valence-electron chi connectivity index (χ2n) is 2.59. The zero-order valence-corrected chi connectivity index (χ0v) is 7.95. The van der Waals surface area contributed by atoms with Crippen molar-refractivity contribution in [3.8, 4) is 0 Å². The van der Waals surface area contributed by atoms with Crippen molar-refractivity contribution in [2.45, 2.75) is 30.4 Å². The summed E-state index contributed by atoms with van der Waals surface area (Å²) in [6.07, 6.45) is 3.06. The summed E-state index contributed by atoms with van der Waals surface area (Å²) in [7, 11) is 0. The molecule has 1 rings (SSSR count). The van der Waals surface area contributed by atoms with Gasteiger partial charge in [-0.3, -0.25) is 0 Å². The normalized spacial score (nSPS) is 15.6. The first-order valence-electron chi connectivity index (χ1n) is 3.82. The highest BCUT2D eigenvalue weighted by atomic mass is 32.2. The molecule has 0 aromatic carbocycles. The lowest BCUT2D eigenvalue weighted by molar-refractivity contribution is 0.196. The molecule has 0 radical (unpaired) electrons. The van der Waals surface area contributed by atoms with Gasteiger partial charge >= 0.3 is 0 Å². The van der Waals surface area contributed by atoms with E-state index in [4.69, 9.17) is 0 Å². The van der Waals surface area contributed by atoms with Gasteiger partial charge in [0, 0.05) is 17.6 Å². The molecule has 0 saturated carbocycles. The second kappa shape index (κ2) is 4.42. The Morgan fingerprint density at radius 1 is 1.33 bits per heavy atom. The van der Waals surface area contributed by atoms with Gasteiger partial charge in [0.25, 0.3) is 0 Å². The highest BCUT2D eigenvalue weighted by molar-refractivity contribution is 7.99. The lowest BCUT2D eigenvalue weighted by atomic mass is 10.3. The minimum atomic E-state index is -0.334. The van der Waals surface area contributed by atoms with Gasteiger partial charge in [-0.15, -0.1) is 0 Å². The number of aromatic nitrogens is 2. The van der Waals surface area contributed by atoms with E-state index in [0.717, 1.165) is 0 Å². The van der Waals surface area contributed by atoms with Crippen molar-refractivity contribution in [1.82, 2.24) is 9.97 Å². The lowest BCUT2D eigenvalue weighted by Crippen LogP contribution is -2.15. The summed E-state index contributed by atoms with van der Waals surface area (Å²) in [5.41, 5.74) is 0. The molecule has 0 aliphatic carbocycles. The van der Waals surface area contributed by atoms with Crippen LogP contribution in [0.5, 0.6) is 0 Å². The smallest absolute Gasteiger partial charge is 0.187 e. The summed E-state index contributed by atoms with van der Waals surface area (Å²) in [5, 5.41) is 10.1. The Morgan fingerprint density at radius 3 is 2.42 bits per heavy atom. The van der Waals surface area contributed by atoms with Crippen molar-refractivity contribution in [1.29, 1.82) is 0 Å². The maximum atomic E-state index is 9.21. The monoisotopic (exact) mass is 184 g/mol. The van der Waals surface area contributed by atoms with Crippen LogP contribution in [0.25, 0.3) is 0 Å². The molecular formula is C8H12N2OS. The molecule has 1 aromatic heterocycles. The fourth-order valence-electron chi connectivity index (χ4n) is 0.611. The van der Waals surface area contributed by atoms with Crippen molar-refractivity contribution in [2.75, 3.05) is 0 Å². The van der Waals surface area contributed by atoms with Crippen LogP contribution in [0.1, 0.15) is 13.8 Å². The first-order chi connectivity index (χ1) is 5.70. The highest BCUT2D eigenvalue weighted by Gasteiger charge is 2.11.